The Hall–Kier alpha value is -1.56. The van der Waals surface area contributed by atoms with Crippen molar-refractivity contribution in [1.29, 1.82) is 0 Å². The first-order chi connectivity index (χ1) is 11.6. The van der Waals surface area contributed by atoms with Gasteiger partial charge in [0, 0.05) is 24.0 Å². The lowest BCUT2D eigenvalue weighted by molar-refractivity contribution is -0.151. The molecule has 0 saturated carbocycles. The summed E-state index contributed by atoms with van der Waals surface area (Å²) in [5, 5.41) is 0. The van der Waals surface area contributed by atoms with Gasteiger partial charge in [0.15, 0.2) is 0 Å². The quantitative estimate of drug-likeness (QED) is 0.522. The van der Waals surface area contributed by atoms with Gasteiger partial charge >= 0.3 is 5.97 Å². The van der Waals surface area contributed by atoms with Crippen LogP contribution in [0.3, 0.4) is 0 Å². The second-order valence-electron chi connectivity index (χ2n) is 5.82. The first kappa shape index (κ1) is 18.8. The number of nitrogens with zero attached hydrogens (tertiary/aromatic N) is 1. The van der Waals surface area contributed by atoms with Crippen molar-refractivity contribution in [3.8, 4) is 5.75 Å². The SMILES string of the molecule is CCOC(=O)C1CCN(C(=O)CCCOc2cccc(Br)c2)CC1. The van der Waals surface area contributed by atoms with E-state index in [-0.39, 0.29) is 17.8 Å². The van der Waals surface area contributed by atoms with Crippen molar-refractivity contribution in [2.75, 3.05) is 26.3 Å². The normalized spacial score (nSPS) is 15.2. The number of halogens is 1. The van der Waals surface area contributed by atoms with Gasteiger partial charge in [-0.15, -0.1) is 0 Å². The summed E-state index contributed by atoms with van der Waals surface area (Å²) in [5.74, 6) is 0.739. The van der Waals surface area contributed by atoms with Gasteiger partial charge < -0.3 is 14.4 Å². The largest absolute Gasteiger partial charge is 0.494 e. The molecule has 0 radical (unpaired) electrons. The number of piperidine rings is 1. The van der Waals surface area contributed by atoms with Crippen LogP contribution < -0.4 is 4.74 Å². The van der Waals surface area contributed by atoms with Gasteiger partial charge in [-0.1, -0.05) is 22.0 Å². The van der Waals surface area contributed by atoms with Crippen LogP contribution in [0.5, 0.6) is 5.75 Å². The summed E-state index contributed by atoms with van der Waals surface area (Å²) < 4.78 is 11.7. The maximum Gasteiger partial charge on any atom is 0.309 e. The van der Waals surface area contributed by atoms with E-state index in [4.69, 9.17) is 9.47 Å². The second kappa shape index (κ2) is 9.67. The average molecular weight is 398 g/mol. The van der Waals surface area contributed by atoms with Gasteiger partial charge in [-0.3, -0.25) is 9.59 Å². The topological polar surface area (TPSA) is 55.8 Å². The third kappa shape index (κ3) is 5.82. The van der Waals surface area contributed by atoms with E-state index in [1.807, 2.05) is 36.1 Å². The standard InChI is InChI=1S/C18H24BrNO4/c1-2-23-18(22)14-8-10-20(11-9-14)17(21)7-4-12-24-16-6-3-5-15(19)13-16/h3,5-6,13-14H,2,4,7-12H2,1H3. The van der Waals surface area contributed by atoms with E-state index < -0.39 is 0 Å². The fourth-order valence-corrected chi connectivity index (χ4v) is 3.13. The zero-order valence-electron chi connectivity index (χ0n) is 14.0. The number of esters is 1. The molecule has 0 bridgehead atoms. The van der Waals surface area contributed by atoms with Crippen LogP contribution in [0, 0.1) is 5.92 Å². The minimum Gasteiger partial charge on any atom is -0.494 e. The summed E-state index contributed by atoms with van der Waals surface area (Å²) in [6, 6.07) is 7.66. The number of ether oxygens (including phenoxy) is 2. The van der Waals surface area contributed by atoms with Gasteiger partial charge in [-0.25, -0.2) is 0 Å². The smallest absolute Gasteiger partial charge is 0.309 e. The minimum atomic E-state index is -0.132. The van der Waals surface area contributed by atoms with Gasteiger partial charge in [0.2, 0.25) is 5.91 Å². The van der Waals surface area contributed by atoms with Crippen molar-refractivity contribution in [3.05, 3.63) is 28.7 Å². The molecule has 1 amide bonds. The molecule has 1 aliphatic heterocycles. The van der Waals surface area contributed by atoms with Gasteiger partial charge in [0.1, 0.15) is 5.75 Å². The molecule has 1 saturated heterocycles. The molecular formula is C18H24BrNO4. The second-order valence-corrected chi connectivity index (χ2v) is 6.73. The number of amides is 1. The Morgan fingerprint density at radius 1 is 1.29 bits per heavy atom. The number of rotatable bonds is 7. The first-order valence-electron chi connectivity index (χ1n) is 8.43. The van der Waals surface area contributed by atoms with Crippen molar-refractivity contribution in [3.63, 3.8) is 0 Å². The summed E-state index contributed by atoms with van der Waals surface area (Å²) in [6.07, 6.45) is 2.54. The van der Waals surface area contributed by atoms with Crippen molar-refractivity contribution in [2.45, 2.75) is 32.6 Å². The monoisotopic (exact) mass is 397 g/mol. The molecule has 0 aromatic heterocycles. The molecule has 0 unspecified atom stereocenters. The number of carbonyl (C=O) groups excluding carboxylic acids is 2. The molecule has 2 rings (SSSR count). The van der Waals surface area contributed by atoms with Gasteiger partial charge in [0.05, 0.1) is 19.1 Å². The van der Waals surface area contributed by atoms with Crippen LogP contribution in [0.4, 0.5) is 0 Å². The van der Waals surface area contributed by atoms with Crippen molar-refractivity contribution in [1.82, 2.24) is 4.90 Å². The summed E-state index contributed by atoms with van der Waals surface area (Å²) in [7, 11) is 0. The van der Waals surface area contributed by atoms with Crippen molar-refractivity contribution < 1.29 is 19.1 Å². The third-order valence-electron chi connectivity index (χ3n) is 4.07. The Kier molecular flexibility index (Phi) is 7.56. The Bertz CT molecular complexity index is 556. The highest BCUT2D eigenvalue weighted by Crippen LogP contribution is 2.20. The molecule has 24 heavy (non-hydrogen) atoms. The maximum absolute atomic E-state index is 12.2. The molecule has 1 fully saturated rings. The van der Waals surface area contributed by atoms with Gasteiger partial charge in [-0.2, -0.15) is 0 Å². The lowest BCUT2D eigenvalue weighted by Gasteiger charge is -2.31. The molecule has 6 heteroatoms. The molecule has 0 spiro atoms. The van der Waals surface area contributed by atoms with E-state index >= 15 is 0 Å². The minimum absolute atomic E-state index is 0.0612. The highest BCUT2D eigenvalue weighted by atomic mass is 79.9. The highest BCUT2D eigenvalue weighted by Gasteiger charge is 2.27. The Balaban J connectivity index is 1.64. The van der Waals surface area contributed by atoms with E-state index in [2.05, 4.69) is 15.9 Å². The average Bonchev–Trinajstić information content (AvgIpc) is 2.59. The molecule has 132 valence electrons. The lowest BCUT2D eigenvalue weighted by Crippen LogP contribution is -2.40. The predicted octanol–water partition coefficient (Wildman–Crippen LogP) is 3.41. The van der Waals surface area contributed by atoms with Crippen LogP contribution in [0.2, 0.25) is 0 Å². The zero-order chi connectivity index (χ0) is 17.4. The fourth-order valence-electron chi connectivity index (χ4n) is 2.75. The maximum atomic E-state index is 12.2. The van der Waals surface area contributed by atoms with Crippen LogP contribution >= 0.6 is 15.9 Å². The van der Waals surface area contributed by atoms with Crippen molar-refractivity contribution >= 4 is 27.8 Å². The zero-order valence-corrected chi connectivity index (χ0v) is 15.6. The van der Waals surface area contributed by atoms with Crippen LogP contribution in [0.1, 0.15) is 32.6 Å². The Labute approximate surface area is 151 Å². The van der Waals surface area contributed by atoms with E-state index in [9.17, 15) is 9.59 Å². The van der Waals surface area contributed by atoms with Crippen LogP contribution in [-0.2, 0) is 14.3 Å². The number of hydrogen-bond acceptors (Lipinski definition) is 4. The number of hydrogen-bond donors (Lipinski definition) is 0. The molecule has 0 N–H and O–H groups in total. The molecule has 1 aromatic carbocycles. The molecular weight excluding hydrogens is 374 g/mol. The summed E-state index contributed by atoms with van der Waals surface area (Å²) in [4.78, 5) is 25.8. The van der Waals surface area contributed by atoms with Crippen LogP contribution in [0.15, 0.2) is 28.7 Å². The van der Waals surface area contributed by atoms with Gasteiger partial charge in [-0.05, 0) is 44.4 Å². The molecule has 5 nitrogen and oxygen atoms in total. The molecule has 0 atom stereocenters. The first-order valence-corrected chi connectivity index (χ1v) is 9.22. The van der Waals surface area contributed by atoms with E-state index in [1.165, 1.54) is 0 Å². The highest BCUT2D eigenvalue weighted by molar-refractivity contribution is 9.10. The van der Waals surface area contributed by atoms with Crippen LogP contribution in [-0.4, -0.2) is 43.1 Å². The fraction of sp³-hybridized carbons (Fsp3) is 0.556. The molecule has 1 heterocycles. The molecule has 0 aliphatic carbocycles. The molecule has 1 aliphatic rings. The number of benzene rings is 1. The predicted molar refractivity (Wildman–Crippen MR) is 94.8 cm³/mol. The number of likely N-dealkylation sites (tertiary alicyclic amines) is 1. The van der Waals surface area contributed by atoms with E-state index in [0.717, 1.165) is 10.2 Å². The van der Waals surface area contributed by atoms with Crippen LogP contribution in [0.25, 0.3) is 0 Å². The Morgan fingerprint density at radius 3 is 2.71 bits per heavy atom. The summed E-state index contributed by atoms with van der Waals surface area (Å²) >= 11 is 3.40. The summed E-state index contributed by atoms with van der Waals surface area (Å²) in [6.45, 7) is 4.01. The lowest BCUT2D eigenvalue weighted by atomic mass is 9.97. The van der Waals surface area contributed by atoms with E-state index in [1.54, 1.807) is 0 Å². The Morgan fingerprint density at radius 2 is 2.04 bits per heavy atom. The van der Waals surface area contributed by atoms with E-state index in [0.29, 0.717) is 52.0 Å². The number of carbonyl (C=O) groups is 2. The van der Waals surface area contributed by atoms with Crippen molar-refractivity contribution in [2.24, 2.45) is 5.92 Å². The molecule has 1 aromatic rings. The third-order valence-corrected chi connectivity index (χ3v) is 4.56. The summed E-state index contributed by atoms with van der Waals surface area (Å²) in [5.41, 5.74) is 0. The van der Waals surface area contributed by atoms with Gasteiger partial charge in [0.25, 0.3) is 0 Å².